The molecule has 6 nitrogen and oxygen atoms in total. The zero-order valence-electron chi connectivity index (χ0n) is 16.5. The maximum Gasteiger partial charge on any atom is 0.263 e. The van der Waals surface area contributed by atoms with Crippen LogP contribution < -0.4 is 20.3 Å². The number of ether oxygens (including phenoxy) is 2. The second-order valence-electron chi connectivity index (χ2n) is 6.92. The van der Waals surface area contributed by atoms with Crippen LogP contribution in [0, 0.1) is 0 Å². The maximum atomic E-state index is 13.2. The number of hydrogen-bond donors (Lipinski definition) is 1. The summed E-state index contributed by atoms with van der Waals surface area (Å²) < 4.78 is 12.4. The van der Waals surface area contributed by atoms with Crippen LogP contribution >= 0.6 is 11.3 Å². The summed E-state index contributed by atoms with van der Waals surface area (Å²) in [4.78, 5) is 20.2. The molecule has 3 aromatic rings. The van der Waals surface area contributed by atoms with E-state index in [2.05, 4.69) is 5.32 Å². The SMILES string of the molecule is CCn1c(NCc2ccc(OC)c(OC)c2)nc2sc3c(c2c1=O)CCCC3. The van der Waals surface area contributed by atoms with E-state index in [9.17, 15) is 4.79 Å². The summed E-state index contributed by atoms with van der Waals surface area (Å²) in [5, 5.41) is 4.18. The summed E-state index contributed by atoms with van der Waals surface area (Å²) in [5.74, 6) is 2.00. The molecule has 0 bridgehead atoms. The van der Waals surface area contributed by atoms with Gasteiger partial charge in [-0.05, 0) is 55.9 Å². The van der Waals surface area contributed by atoms with Gasteiger partial charge >= 0.3 is 0 Å². The van der Waals surface area contributed by atoms with Crippen molar-refractivity contribution in [1.82, 2.24) is 9.55 Å². The molecule has 0 amide bonds. The zero-order chi connectivity index (χ0) is 19.7. The Bertz CT molecular complexity index is 1070. The third-order valence-corrected chi connectivity index (χ3v) is 6.48. The van der Waals surface area contributed by atoms with Gasteiger partial charge in [0.15, 0.2) is 11.5 Å². The van der Waals surface area contributed by atoms with Gasteiger partial charge in [-0.1, -0.05) is 6.07 Å². The highest BCUT2D eigenvalue weighted by atomic mass is 32.1. The van der Waals surface area contributed by atoms with E-state index in [1.54, 1.807) is 30.1 Å². The van der Waals surface area contributed by atoms with E-state index in [4.69, 9.17) is 14.5 Å². The number of thiophene rings is 1. The van der Waals surface area contributed by atoms with Crippen LogP contribution in [-0.2, 0) is 25.9 Å². The van der Waals surface area contributed by atoms with E-state index >= 15 is 0 Å². The van der Waals surface area contributed by atoms with Crippen molar-refractivity contribution in [1.29, 1.82) is 0 Å². The quantitative estimate of drug-likeness (QED) is 0.679. The second kappa shape index (κ2) is 7.83. The molecule has 0 saturated heterocycles. The highest BCUT2D eigenvalue weighted by Crippen LogP contribution is 2.34. The van der Waals surface area contributed by atoms with E-state index in [0.29, 0.717) is 30.5 Å². The van der Waals surface area contributed by atoms with Gasteiger partial charge in [-0.3, -0.25) is 9.36 Å². The molecule has 0 radical (unpaired) electrons. The normalized spacial score (nSPS) is 13.4. The molecular formula is C21H25N3O3S. The number of methoxy groups -OCH3 is 2. The van der Waals surface area contributed by atoms with Crippen molar-refractivity contribution < 1.29 is 9.47 Å². The molecule has 0 fully saturated rings. The van der Waals surface area contributed by atoms with Crippen molar-refractivity contribution >= 4 is 27.5 Å². The highest BCUT2D eigenvalue weighted by molar-refractivity contribution is 7.18. The molecule has 1 aliphatic carbocycles. The molecule has 4 rings (SSSR count). The Labute approximate surface area is 168 Å². The fraction of sp³-hybridized carbons (Fsp3) is 0.429. The van der Waals surface area contributed by atoms with E-state index in [-0.39, 0.29) is 5.56 Å². The summed E-state index contributed by atoms with van der Waals surface area (Å²) in [6, 6.07) is 5.79. The fourth-order valence-corrected chi connectivity index (χ4v) is 5.09. The minimum Gasteiger partial charge on any atom is -0.493 e. The van der Waals surface area contributed by atoms with Gasteiger partial charge in [-0.2, -0.15) is 0 Å². The Morgan fingerprint density at radius 3 is 2.71 bits per heavy atom. The predicted octanol–water partition coefficient (Wildman–Crippen LogP) is 3.99. The lowest BCUT2D eigenvalue weighted by Crippen LogP contribution is -2.24. The third kappa shape index (κ3) is 3.24. The van der Waals surface area contributed by atoms with Gasteiger partial charge in [0.05, 0.1) is 19.6 Å². The molecule has 0 aliphatic heterocycles. The number of anilines is 1. The van der Waals surface area contributed by atoms with Gasteiger partial charge in [0.25, 0.3) is 5.56 Å². The topological polar surface area (TPSA) is 65.4 Å². The Kier molecular flexibility index (Phi) is 5.26. The van der Waals surface area contributed by atoms with Crippen molar-refractivity contribution in [2.45, 2.75) is 45.7 Å². The third-order valence-electron chi connectivity index (χ3n) is 5.29. The number of rotatable bonds is 6. The van der Waals surface area contributed by atoms with Crippen LogP contribution in [0.2, 0.25) is 0 Å². The minimum absolute atomic E-state index is 0.0710. The lowest BCUT2D eigenvalue weighted by Gasteiger charge is -2.14. The molecule has 1 N–H and O–H groups in total. The van der Waals surface area contributed by atoms with Crippen LogP contribution in [-0.4, -0.2) is 23.8 Å². The molecule has 28 heavy (non-hydrogen) atoms. The molecule has 148 valence electrons. The van der Waals surface area contributed by atoms with E-state index < -0.39 is 0 Å². The number of benzene rings is 1. The number of aryl methyl sites for hydroxylation is 2. The van der Waals surface area contributed by atoms with Crippen LogP contribution in [0.3, 0.4) is 0 Å². The van der Waals surface area contributed by atoms with Crippen molar-refractivity contribution in [2.24, 2.45) is 0 Å². The smallest absolute Gasteiger partial charge is 0.263 e. The second-order valence-corrected chi connectivity index (χ2v) is 8.00. The lowest BCUT2D eigenvalue weighted by atomic mass is 9.97. The van der Waals surface area contributed by atoms with Crippen molar-refractivity contribution in [3.63, 3.8) is 0 Å². The molecule has 0 atom stereocenters. The molecule has 1 aromatic carbocycles. The predicted molar refractivity (Wildman–Crippen MR) is 113 cm³/mol. The zero-order valence-corrected chi connectivity index (χ0v) is 17.3. The Balaban J connectivity index is 1.68. The lowest BCUT2D eigenvalue weighted by molar-refractivity contribution is 0.354. The minimum atomic E-state index is 0.0710. The summed E-state index contributed by atoms with van der Waals surface area (Å²) in [6.45, 7) is 3.11. The average molecular weight is 400 g/mol. The molecule has 0 saturated carbocycles. The van der Waals surface area contributed by atoms with Gasteiger partial charge in [0, 0.05) is 18.0 Å². The Morgan fingerprint density at radius 2 is 1.96 bits per heavy atom. The standard InChI is InChI=1S/C21H25N3O3S/c1-4-24-20(25)18-14-7-5-6-8-17(14)28-19(18)23-21(24)22-12-13-9-10-15(26-2)16(11-13)27-3/h9-11H,4-8,12H2,1-3H3,(H,22,23). The Hall–Kier alpha value is -2.54. The monoisotopic (exact) mass is 399 g/mol. The van der Waals surface area contributed by atoms with Crippen LogP contribution in [0.1, 0.15) is 35.8 Å². The van der Waals surface area contributed by atoms with Gasteiger partial charge in [0.1, 0.15) is 4.83 Å². The molecule has 0 spiro atoms. The number of nitrogens with one attached hydrogen (secondary N) is 1. The first-order valence-electron chi connectivity index (χ1n) is 9.66. The molecule has 2 heterocycles. The largest absolute Gasteiger partial charge is 0.493 e. The van der Waals surface area contributed by atoms with Gasteiger partial charge in [-0.15, -0.1) is 11.3 Å². The molecule has 1 aliphatic rings. The summed E-state index contributed by atoms with van der Waals surface area (Å²) in [6.07, 6.45) is 4.42. The van der Waals surface area contributed by atoms with Crippen molar-refractivity contribution in [3.8, 4) is 11.5 Å². The van der Waals surface area contributed by atoms with E-state index in [1.165, 1.54) is 16.9 Å². The first kappa shape index (κ1) is 18.8. The highest BCUT2D eigenvalue weighted by Gasteiger charge is 2.21. The van der Waals surface area contributed by atoms with E-state index in [0.717, 1.165) is 35.0 Å². The molecule has 7 heteroatoms. The van der Waals surface area contributed by atoms with Crippen LogP contribution in [0.25, 0.3) is 10.2 Å². The Morgan fingerprint density at radius 1 is 1.18 bits per heavy atom. The fourth-order valence-electron chi connectivity index (χ4n) is 3.84. The first-order chi connectivity index (χ1) is 13.7. The van der Waals surface area contributed by atoms with Gasteiger partial charge in [0.2, 0.25) is 5.95 Å². The number of nitrogens with zero attached hydrogens (tertiary/aromatic N) is 2. The average Bonchev–Trinajstić information content (AvgIpc) is 3.10. The van der Waals surface area contributed by atoms with Gasteiger partial charge in [-0.25, -0.2) is 4.98 Å². The van der Waals surface area contributed by atoms with Crippen molar-refractivity contribution in [3.05, 3.63) is 44.6 Å². The first-order valence-corrected chi connectivity index (χ1v) is 10.5. The van der Waals surface area contributed by atoms with Crippen molar-refractivity contribution in [2.75, 3.05) is 19.5 Å². The van der Waals surface area contributed by atoms with Crippen LogP contribution in [0.5, 0.6) is 11.5 Å². The van der Waals surface area contributed by atoms with Crippen LogP contribution in [0.15, 0.2) is 23.0 Å². The number of aromatic nitrogens is 2. The van der Waals surface area contributed by atoms with Gasteiger partial charge < -0.3 is 14.8 Å². The number of fused-ring (bicyclic) bond motifs is 3. The summed E-state index contributed by atoms with van der Waals surface area (Å²) in [7, 11) is 3.24. The van der Waals surface area contributed by atoms with Crippen LogP contribution in [0.4, 0.5) is 5.95 Å². The van der Waals surface area contributed by atoms with E-state index in [1.807, 2.05) is 25.1 Å². The summed E-state index contributed by atoms with van der Waals surface area (Å²) >= 11 is 1.68. The molecular weight excluding hydrogens is 374 g/mol. The number of hydrogen-bond acceptors (Lipinski definition) is 6. The maximum absolute atomic E-state index is 13.2. The summed E-state index contributed by atoms with van der Waals surface area (Å²) in [5.41, 5.74) is 2.33. The molecule has 0 unspecified atom stereocenters. The molecule has 2 aromatic heterocycles.